The van der Waals surface area contributed by atoms with Crippen LogP contribution in [0.3, 0.4) is 0 Å². The van der Waals surface area contributed by atoms with E-state index in [4.69, 9.17) is 9.15 Å². The standard InChI is InChI=1S/C27H32N2O3/c1-17-8-7-9-22(14-17)28-10-12-29(13-11-28)25(30)15-18(2)23-16-24-19(3)21(5)32-27(24)20(4)26(23)31-6/h7-9,14-16H,10-13H2,1-6H3/b18-15+. The zero-order chi connectivity index (χ0) is 23.0. The zero-order valence-corrected chi connectivity index (χ0v) is 19.9. The Morgan fingerprint density at radius 1 is 1.03 bits per heavy atom. The Bertz CT molecular complexity index is 1200. The SMILES string of the molecule is COc1c(/C(C)=C/C(=O)N2CCN(c3cccc(C)c3)CC2)cc2c(C)c(C)oc2c1C. The van der Waals surface area contributed by atoms with E-state index in [2.05, 4.69) is 49.1 Å². The lowest BCUT2D eigenvalue weighted by Crippen LogP contribution is -2.48. The highest BCUT2D eigenvalue weighted by Crippen LogP contribution is 2.38. The van der Waals surface area contributed by atoms with Crippen LogP contribution < -0.4 is 9.64 Å². The number of nitrogens with zero attached hydrogens (tertiary/aromatic N) is 2. The number of ether oxygens (including phenoxy) is 1. The predicted molar refractivity (Wildman–Crippen MR) is 131 cm³/mol. The average Bonchev–Trinajstić information content (AvgIpc) is 3.08. The molecule has 1 saturated heterocycles. The number of piperazine rings is 1. The van der Waals surface area contributed by atoms with Crippen LogP contribution in [0.4, 0.5) is 5.69 Å². The molecule has 2 aromatic carbocycles. The van der Waals surface area contributed by atoms with Gasteiger partial charge in [0.05, 0.1) is 7.11 Å². The van der Waals surface area contributed by atoms with Gasteiger partial charge in [0.1, 0.15) is 17.1 Å². The van der Waals surface area contributed by atoms with Gasteiger partial charge in [0, 0.05) is 54.5 Å². The molecule has 0 radical (unpaired) electrons. The number of fused-ring (bicyclic) bond motifs is 1. The Kier molecular flexibility index (Phi) is 6.00. The Hall–Kier alpha value is -3.21. The minimum Gasteiger partial charge on any atom is -0.496 e. The number of carbonyl (C=O) groups is 1. The van der Waals surface area contributed by atoms with Crippen LogP contribution in [0.1, 0.15) is 34.9 Å². The molecule has 32 heavy (non-hydrogen) atoms. The fourth-order valence-corrected chi connectivity index (χ4v) is 4.53. The maximum atomic E-state index is 13.1. The number of hydrogen-bond donors (Lipinski definition) is 0. The number of anilines is 1. The molecule has 3 aromatic rings. The van der Waals surface area contributed by atoms with Crippen molar-refractivity contribution in [3.8, 4) is 5.75 Å². The third kappa shape index (κ3) is 3.99. The van der Waals surface area contributed by atoms with E-state index in [-0.39, 0.29) is 5.91 Å². The largest absolute Gasteiger partial charge is 0.496 e. The van der Waals surface area contributed by atoms with E-state index < -0.39 is 0 Å². The number of benzene rings is 2. The molecule has 168 valence electrons. The molecule has 4 rings (SSSR count). The molecule has 1 fully saturated rings. The van der Waals surface area contributed by atoms with Crippen molar-refractivity contribution in [3.63, 3.8) is 0 Å². The minimum atomic E-state index is 0.0475. The highest BCUT2D eigenvalue weighted by molar-refractivity contribution is 5.98. The minimum absolute atomic E-state index is 0.0475. The van der Waals surface area contributed by atoms with E-state index in [1.165, 1.54) is 11.3 Å². The van der Waals surface area contributed by atoms with Gasteiger partial charge >= 0.3 is 0 Å². The molecule has 0 N–H and O–H groups in total. The van der Waals surface area contributed by atoms with E-state index in [0.717, 1.165) is 57.8 Å². The van der Waals surface area contributed by atoms with Crippen molar-refractivity contribution in [1.29, 1.82) is 0 Å². The van der Waals surface area contributed by atoms with Gasteiger partial charge in [-0.2, -0.15) is 0 Å². The van der Waals surface area contributed by atoms with Crippen LogP contribution in [-0.4, -0.2) is 44.1 Å². The summed E-state index contributed by atoms with van der Waals surface area (Å²) in [6.07, 6.45) is 1.74. The molecule has 1 aliphatic heterocycles. The molecule has 2 heterocycles. The molecule has 0 atom stereocenters. The van der Waals surface area contributed by atoms with E-state index in [1.54, 1.807) is 13.2 Å². The van der Waals surface area contributed by atoms with Gasteiger partial charge in [-0.05, 0) is 69.5 Å². The number of allylic oxidation sites excluding steroid dienone is 1. The van der Waals surface area contributed by atoms with Crippen LogP contribution >= 0.6 is 0 Å². The van der Waals surface area contributed by atoms with Crippen molar-refractivity contribution in [2.24, 2.45) is 0 Å². The van der Waals surface area contributed by atoms with Crippen LogP contribution in [0.2, 0.25) is 0 Å². The van der Waals surface area contributed by atoms with Crippen molar-refractivity contribution in [3.05, 3.63) is 64.4 Å². The summed E-state index contributed by atoms with van der Waals surface area (Å²) in [7, 11) is 1.67. The highest BCUT2D eigenvalue weighted by Gasteiger charge is 2.22. The zero-order valence-electron chi connectivity index (χ0n) is 19.9. The number of methoxy groups -OCH3 is 1. The Labute approximate surface area is 190 Å². The second-order valence-corrected chi connectivity index (χ2v) is 8.72. The molecule has 0 aliphatic carbocycles. The van der Waals surface area contributed by atoms with Crippen molar-refractivity contribution < 1.29 is 13.9 Å². The van der Waals surface area contributed by atoms with Crippen molar-refractivity contribution >= 4 is 28.1 Å². The summed E-state index contributed by atoms with van der Waals surface area (Å²) < 4.78 is 11.7. The molecule has 5 heteroatoms. The Balaban J connectivity index is 1.55. The van der Waals surface area contributed by atoms with Gasteiger partial charge < -0.3 is 19.0 Å². The highest BCUT2D eigenvalue weighted by atomic mass is 16.5. The van der Waals surface area contributed by atoms with E-state index in [1.807, 2.05) is 25.7 Å². The molecule has 1 aliphatic rings. The topological polar surface area (TPSA) is 45.9 Å². The van der Waals surface area contributed by atoms with Gasteiger partial charge in [-0.1, -0.05) is 12.1 Å². The first-order chi connectivity index (χ1) is 15.3. The Morgan fingerprint density at radius 3 is 2.41 bits per heavy atom. The summed E-state index contributed by atoms with van der Waals surface area (Å²) in [4.78, 5) is 17.3. The predicted octanol–water partition coefficient (Wildman–Crippen LogP) is 5.43. The van der Waals surface area contributed by atoms with Gasteiger partial charge in [0.2, 0.25) is 5.91 Å². The van der Waals surface area contributed by atoms with Gasteiger partial charge in [-0.15, -0.1) is 0 Å². The first-order valence-corrected chi connectivity index (χ1v) is 11.2. The smallest absolute Gasteiger partial charge is 0.246 e. The molecule has 0 unspecified atom stereocenters. The van der Waals surface area contributed by atoms with Crippen molar-refractivity contribution in [2.45, 2.75) is 34.6 Å². The van der Waals surface area contributed by atoms with E-state index >= 15 is 0 Å². The van der Waals surface area contributed by atoms with Crippen LogP contribution in [-0.2, 0) is 4.79 Å². The molecule has 0 spiro atoms. The molecule has 0 bridgehead atoms. The maximum absolute atomic E-state index is 13.1. The molecule has 1 aromatic heterocycles. The number of carbonyl (C=O) groups excluding carboxylic acids is 1. The van der Waals surface area contributed by atoms with Gasteiger partial charge in [-0.3, -0.25) is 4.79 Å². The van der Waals surface area contributed by atoms with Crippen LogP contribution in [0.5, 0.6) is 5.75 Å². The summed E-state index contributed by atoms with van der Waals surface area (Å²) in [5.74, 6) is 1.72. The first kappa shape index (κ1) is 22.0. The third-order valence-electron chi connectivity index (χ3n) is 6.57. The molecular formula is C27H32N2O3. The number of aryl methyl sites for hydroxylation is 4. The Morgan fingerprint density at radius 2 is 1.75 bits per heavy atom. The second kappa shape index (κ2) is 8.73. The first-order valence-electron chi connectivity index (χ1n) is 11.2. The summed E-state index contributed by atoms with van der Waals surface area (Å²) >= 11 is 0. The maximum Gasteiger partial charge on any atom is 0.246 e. The number of hydrogen-bond acceptors (Lipinski definition) is 4. The van der Waals surface area contributed by atoms with Gasteiger partial charge in [0.25, 0.3) is 0 Å². The summed E-state index contributed by atoms with van der Waals surface area (Å²) in [6.45, 7) is 13.2. The molecular weight excluding hydrogens is 400 g/mol. The molecule has 0 saturated carbocycles. The number of rotatable bonds is 4. The van der Waals surface area contributed by atoms with Gasteiger partial charge in [0.15, 0.2) is 0 Å². The number of furan rings is 1. The number of amides is 1. The monoisotopic (exact) mass is 432 g/mol. The normalized spacial score (nSPS) is 14.9. The lowest BCUT2D eigenvalue weighted by molar-refractivity contribution is -0.126. The van der Waals surface area contributed by atoms with Crippen molar-refractivity contribution in [1.82, 2.24) is 4.90 Å². The van der Waals surface area contributed by atoms with Crippen LogP contribution in [0.25, 0.3) is 16.5 Å². The fourth-order valence-electron chi connectivity index (χ4n) is 4.53. The van der Waals surface area contributed by atoms with E-state index in [9.17, 15) is 4.79 Å². The average molecular weight is 433 g/mol. The quantitative estimate of drug-likeness (QED) is 0.516. The van der Waals surface area contributed by atoms with Crippen LogP contribution in [0.15, 0.2) is 40.8 Å². The van der Waals surface area contributed by atoms with Gasteiger partial charge in [-0.25, -0.2) is 0 Å². The second-order valence-electron chi connectivity index (χ2n) is 8.72. The summed E-state index contributed by atoms with van der Waals surface area (Å²) in [5, 5.41) is 1.07. The molecule has 1 amide bonds. The fraction of sp³-hybridized carbons (Fsp3) is 0.370. The van der Waals surface area contributed by atoms with E-state index in [0.29, 0.717) is 13.1 Å². The third-order valence-corrected chi connectivity index (χ3v) is 6.57. The summed E-state index contributed by atoms with van der Waals surface area (Å²) in [6, 6.07) is 10.6. The van der Waals surface area contributed by atoms with Crippen molar-refractivity contribution in [2.75, 3.05) is 38.2 Å². The summed E-state index contributed by atoms with van der Waals surface area (Å²) in [5.41, 5.74) is 7.25. The molecule has 5 nitrogen and oxygen atoms in total. The lowest BCUT2D eigenvalue weighted by atomic mass is 9.98. The lowest BCUT2D eigenvalue weighted by Gasteiger charge is -2.36. The van der Waals surface area contributed by atoms with Crippen LogP contribution in [0, 0.1) is 27.7 Å².